The van der Waals surface area contributed by atoms with E-state index in [0.29, 0.717) is 4.47 Å². The highest BCUT2D eigenvalue weighted by atomic mass is 79.9. The molecule has 1 aromatic rings. The molecule has 0 radical (unpaired) electrons. The molecule has 1 rings (SSSR count). The quantitative estimate of drug-likeness (QED) is 0.855. The lowest BCUT2D eigenvalue weighted by atomic mass is 10.2. The van der Waals surface area contributed by atoms with E-state index in [4.69, 9.17) is 9.88 Å². The molecule has 0 fully saturated rings. The number of nitrogens with one attached hydrogen (secondary N) is 1. The van der Waals surface area contributed by atoms with E-state index in [1.165, 1.54) is 18.2 Å². The minimum atomic E-state index is -3.93. The molecule has 0 bridgehead atoms. The van der Waals surface area contributed by atoms with Crippen molar-refractivity contribution in [3.63, 3.8) is 0 Å². The van der Waals surface area contributed by atoms with Gasteiger partial charge in [0, 0.05) is 4.47 Å². The average molecular weight is 351 g/mol. The number of carbonyl (C=O) groups excluding carboxylic acids is 1. The molecular weight excluding hydrogens is 336 g/mol. The predicted molar refractivity (Wildman–Crippen MR) is 75.4 cm³/mol. The maximum atomic E-state index is 11.6. The number of sulfonamides is 1. The van der Waals surface area contributed by atoms with Crippen LogP contribution in [0.5, 0.6) is 0 Å². The van der Waals surface area contributed by atoms with E-state index in [2.05, 4.69) is 21.2 Å². The summed E-state index contributed by atoms with van der Waals surface area (Å²) in [7, 11) is -3.93. The number of benzene rings is 1. The Hall–Kier alpha value is -1.12. The normalized spacial score (nSPS) is 12.1. The standard InChI is InChI=1S/C11H15BrN2O4S/c1-11(2,3)18-10(15)14-8-6-7(12)4-5-9(8)19(13,16)17/h4-6H,1-3H3,(H,14,15)(H2,13,16,17). The Kier molecular flexibility index (Phi) is 4.59. The Labute approximate surface area is 120 Å². The van der Waals surface area contributed by atoms with Gasteiger partial charge >= 0.3 is 6.09 Å². The van der Waals surface area contributed by atoms with Crippen LogP contribution >= 0.6 is 15.9 Å². The molecule has 6 nitrogen and oxygen atoms in total. The van der Waals surface area contributed by atoms with Gasteiger partial charge in [-0.1, -0.05) is 15.9 Å². The van der Waals surface area contributed by atoms with Crippen LogP contribution in [0.2, 0.25) is 0 Å². The first-order valence-corrected chi connectivity index (χ1v) is 7.65. The second-order valence-electron chi connectivity index (χ2n) is 4.81. The van der Waals surface area contributed by atoms with Gasteiger partial charge in [0.15, 0.2) is 0 Å². The summed E-state index contributed by atoms with van der Waals surface area (Å²) in [6, 6.07) is 4.25. The van der Waals surface area contributed by atoms with E-state index >= 15 is 0 Å². The summed E-state index contributed by atoms with van der Waals surface area (Å²) in [5, 5.41) is 7.44. The number of halogens is 1. The number of nitrogens with two attached hydrogens (primary N) is 1. The molecule has 1 aromatic carbocycles. The van der Waals surface area contributed by atoms with Crippen molar-refractivity contribution in [2.24, 2.45) is 5.14 Å². The Bertz CT molecular complexity index is 593. The fourth-order valence-corrected chi connectivity index (χ4v) is 2.30. The van der Waals surface area contributed by atoms with E-state index in [1.807, 2.05) is 0 Å². The molecule has 0 heterocycles. The van der Waals surface area contributed by atoms with Gasteiger partial charge in [0.1, 0.15) is 10.5 Å². The molecule has 0 aliphatic rings. The average Bonchev–Trinajstić information content (AvgIpc) is 2.11. The van der Waals surface area contributed by atoms with Crippen LogP contribution in [-0.4, -0.2) is 20.1 Å². The monoisotopic (exact) mass is 350 g/mol. The van der Waals surface area contributed by atoms with Crippen molar-refractivity contribution >= 4 is 37.7 Å². The van der Waals surface area contributed by atoms with Crippen LogP contribution in [0.3, 0.4) is 0 Å². The predicted octanol–water partition coefficient (Wildman–Crippen LogP) is 2.44. The molecule has 19 heavy (non-hydrogen) atoms. The lowest BCUT2D eigenvalue weighted by molar-refractivity contribution is 0.0635. The number of anilines is 1. The Morgan fingerprint density at radius 2 is 1.95 bits per heavy atom. The molecule has 0 aliphatic heterocycles. The van der Waals surface area contributed by atoms with Gasteiger partial charge in [0.05, 0.1) is 5.69 Å². The Morgan fingerprint density at radius 3 is 2.42 bits per heavy atom. The third kappa shape index (κ3) is 5.17. The molecule has 0 saturated carbocycles. The van der Waals surface area contributed by atoms with E-state index in [1.54, 1.807) is 20.8 Å². The molecule has 0 spiro atoms. The lowest BCUT2D eigenvalue weighted by Gasteiger charge is -2.20. The number of carbonyl (C=O) groups is 1. The second kappa shape index (κ2) is 5.48. The molecule has 0 saturated heterocycles. The smallest absolute Gasteiger partial charge is 0.412 e. The summed E-state index contributed by atoms with van der Waals surface area (Å²) in [6.07, 6.45) is -0.754. The van der Waals surface area contributed by atoms with Crippen LogP contribution in [-0.2, 0) is 14.8 Å². The largest absolute Gasteiger partial charge is 0.444 e. The van der Waals surface area contributed by atoms with Gasteiger partial charge in [-0.15, -0.1) is 0 Å². The minimum absolute atomic E-state index is 0.0612. The zero-order chi connectivity index (χ0) is 14.8. The highest BCUT2D eigenvalue weighted by Gasteiger charge is 2.20. The fourth-order valence-electron chi connectivity index (χ4n) is 1.26. The highest BCUT2D eigenvalue weighted by Crippen LogP contribution is 2.25. The van der Waals surface area contributed by atoms with Crippen LogP contribution in [0, 0.1) is 0 Å². The molecule has 0 unspecified atom stereocenters. The van der Waals surface area contributed by atoms with Gasteiger partial charge in [-0.05, 0) is 39.0 Å². The molecule has 106 valence electrons. The van der Waals surface area contributed by atoms with E-state index in [0.717, 1.165) is 0 Å². The third-order valence-corrected chi connectivity index (χ3v) is 3.35. The lowest BCUT2D eigenvalue weighted by Crippen LogP contribution is -2.28. The minimum Gasteiger partial charge on any atom is -0.444 e. The topological polar surface area (TPSA) is 98.5 Å². The second-order valence-corrected chi connectivity index (χ2v) is 7.26. The zero-order valence-corrected chi connectivity index (χ0v) is 13.1. The van der Waals surface area contributed by atoms with Crippen molar-refractivity contribution in [1.82, 2.24) is 0 Å². The fraction of sp³-hybridized carbons (Fsp3) is 0.364. The molecule has 0 aliphatic carbocycles. The van der Waals surface area contributed by atoms with Crippen molar-refractivity contribution in [3.05, 3.63) is 22.7 Å². The van der Waals surface area contributed by atoms with E-state index in [-0.39, 0.29) is 10.6 Å². The Balaban J connectivity index is 3.07. The molecular formula is C11H15BrN2O4S. The molecule has 1 amide bonds. The number of hydrogen-bond donors (Lipinski definition) is 2. The Morgan fingerprint density at radius 1 is 1.37 bits per heavy atom. The van der Waals surface area contributed by atoms with Gasteiger partial charge in [-0.25, -0.2) is 18.4 Å². The molecule has 3 N–H and O–H groups in total. The van der Waals surface area contributed by atoms with Crippen molar-refractivity contribution < 1.29 is 17.9 Å². The zero-order valence-electron chi connectivity index (χ0n) is 10.7. The maximum absolute atomic E-state index is 11.6. The van der Waals surface area contributed by atoms with Crippen LogP contribution < -0.4 is 10.5 Å². The molecule has 8 heteroatoms. The first-order valence-electron chi connectivity index (χ1n) is 5.31. The highest BCUT2D eigenvalue weighted by molar-refractivity contribution is 9.10. The SMILES string of the molecule is CC(C)(C)OC(=O)Nc1cc(Br)ccc1S(N)(=O)=O. The number of rotatable bonds is 2. The summed E-state index contributed by atoms with van der Waals surface area (Å²) < 4.78 is 28.5. The summed E-state index contributed by atoms with van der Waals surface area (Å²) in [4.78, 5) is 11.5. The van der Waals surface area contributed by atoms with Gasteiger partial charge in [0.25, 0.3) is 0 Å². The van der Waals surface area contributed by atoms with Crippen LogP contribution in [0.25, 0.3) is 0 Å². The van der Waals surface area contributed by atoms with E-state index < -0.39 is 21.7 Å². The maximum Gasteiger partial charge on any atom is 0.412 e. The number of hydrogen-bond acceptors (Lipinski definition) is 4. The molecule has 0 aromatic heterocycles. The number of amides is 1. The van der Waals surface area contributed by atoms with Crippen LogP contribution in [0.4, 0.5) is 10.5 Å². The third-order valence-electron chi connectivity index (χ3n) is 1.88. The van der Waals surface area contributed by atoms with Gasteiger partial charge in [-0.3, -0.25) is 5.32 Å². The van der Waals surface area contributed by atoms with Crippen molar-refractivity contribution in [1.29, 1.82) is 0 Å². The molecule has 0 atom stereocenters. The van der Waals surface area contributed by atoms with Gasteiger partial charge < -0.3 is 4.74 Å². The van der Waals surface area contributed by atoms with Crippen molar-refractivity contribution in [2.45, 2.75) is 31.3 Å². The first kappa shape index (κ1) is 15.9. The van der Waals surface area contributed by atoms with Crippen molar-refractivity contribution in [2.75, 3.05) is 5.32 Å². The van der Waals surface area contributed by atoms with Crippen molar-refractivity contribution in [3.8, 4) is 0 Å². The number of ether oxygens (including phenoxy) is 1. The summed E-state index contributed by atoms with van der Waals surface area (Å²) in [6.45, 7) is 5.11. The van der Waals surface area contributed by atoms with Crippen LogP contribution in [0.15, 0.2) is 27.6 Å². The van der Waals surface area contributed by atoms with Crippen LogP contribution in [0.1, 0.15) is 20.8 Å². The van der Waals surface area contributed by atoms with E-state index in [9.17, 15) is 13.2 Å². The number of primary sulfonamides is 1. The summed E-state index contributed by atoms with van der Waals surface area (Å²) in [5.74, 6) is 0. The summed E-state index contributed by atoms with van der Waals surface area (Å²) in [5.41, 5.74) is -0.621. The first-order chi connectivity index (χ1) is 8.49. The van der Waals surface area contributed by atoms with Gasteiger partial charge in [-0.2, -0.15) is 0 Å². The summed E-state index contributed by atoms with van der Waals surface area (Å²) >= 11 is 3.19. The van der Waals surface area contributed by atoms with Gasteiger partial charge in [0.2, 0.25) is 10.0 Å².